The van der Waals surface area contributed by atoms with E-state index in [1.807, 2.05) is 21.1 Å². The summed E-state index contributed by atoms with van der Waals surface area (Å²) in [5, 5.41) is 0. The Balaban J connectivity index is 4.24. The molecule has 0 aromatic carbocycles. The molecule has 2 atom stereocenters. The number of carbonyl (C=O) groups is 2. The number of phosphoric ester groups is 1. The first-order valence-corrected chi connectivity index (χ1v) is 26.5. The minimum absolute atomic E-state index is 0.0362. The Bertz CT molecular complexity index is 1240. The van der Waals surface area contributed by atoms with Gasteiger partial charge in [0.2, 0.25) is 0 Å². The van der Waals surface area contributed by atoms with Crippen LogP contribution >= 0.6 is 7.82 Å². The van der Waals surface area contributed by atoms with E-state index in [-0.39, 0.29) is 26.1 Å². The highest BCUT2D eigenvalue weighted by Gasteiger charge is 2.21. The molecule has 0 fully saturated rings. The molecule has 0 N–H and O–H groups in total. The van der Waals surface area contributed by atoms with E-state index in [1.54, 1.807) is 0 Å². The van der Waals surface area contributed by atoms with Gasteiger partial charge < -0.3 is 27.9 Å². The molecule has 0 spiro atoms. The molecule has 360 valence electrons. The van der Waals surface area contributed by atoms with Crippen molar-refractivity contribution in [3.8, 4) is 0 Å². The lowest BCUT2D eigenvalue weighted by Crippen LogP contribution is -2.37. The standard InChI is InChI=1S/C52H94NO8P/c1-6-8-10-12-14-16-18-20-21-22-23-24-25-26-27-28-29-30-31-33-35-37-39-41-43-45-52(55)61-50(49-60-62(56,57)59-47-46-53(3,4)5)48-58-51(54)44-42-40-38-36-34-32-19-17-15-13-11-9-7-2/h11,13,17-20,22-23,25-26,50H,6-10,12,14-16,21,24,27-49H2,1-5H3/b13-11-,19-17-,20-18-,23-22-,26-25-. The summed E-state index contributed by atoms with van der Waals surface area (Å²) in [6.45, 7) is 4.13. The summed E-state index contributed by atoms with van der Waals surface area (Å²) in [5.74, 6) is -0.856. The first-order valence-electron chi connectivity index (χ1n) is 25.0. The van der Waals surface area contributed by atoms with E-state index in [9.17, 15) is 19.0 Å². The molecule has 0 aromatic heterocycles. The second kappa shape index (κ2) is 43.9. The summed E-state index contributed by atoms with van der Waals surface area (Å²) in [5.41, 5.74) is 0. The maximum absolute atomic E-state index is 12.7. The van der Waals surface area contributed by atoms with Crippen LogP contribution in [0.4, 0.5) is 0 Å². The highest BCUT2D eigenvalue weighted by atomic mass is 31.2. The van der Waals surface area contributed by atoms with E-state index in [0.29, 0.717) is 23.9 Å². The number of nitrogens with zero attached hydrogens (tertiary/aromatic N) is 1. The van der Waals surface area contributed by atoms with E-state index in [4.69, 9.17) is 18.5 Å². The normalized spacial score (nSPS) is 14.0. The third kappa shape index (κ3) is 47.2. The number of likely N-dealkylation sites (N-methyl/N-ethyl adjacent to an activating group) is 1. The maximum atomic E-state index is 12.7. The topological polar surface area (TPSA) is 111 Å². The monoisotopic (exact) mass is 892 g/mol. The lowest BCUT2D eigenvalue weighted by molar-refractivity contribution is -0.870. The van der Waals surface area contributed by atoms with Gasteiger partial charge in [-0.3, -0.25) is 14.2 Å². The van der Waals surface area contributed by atoms with Gasteiger partial charge in [0.15, 0.2) is 6.10 Å². The van der Waals surface area contributed by atoms with E-state index in [2.05, 4.69) is 74.6 Å². The number of hydrogen-bond donors (Lipinski definition) is 0. The quantitative estimate of drug-likeness (QED) is 0.0195. The largest absolute Gasteiger partial charge is 0.756 e. The fourth-order valence-corrected chi connectivity index (χ4v) is 7.31. The van der Waals surface area contributed by atoms with Crippen molar-refractivity contribution in [2.24, 2.45) is 0 Å². The van der Waals surface area contributed by atoms with E-state index >= 15 is 0 Å². The van der Waals surface area contributed by atoms with Gasteiger partial charge in [-0.05, 0) is 77.0 Å². The number of carbonyl (C=O) groups excluding carboxylic acids is 2. The number of hydrogen-bond acceptors (Lipinski definition) is 8. The predicted octanol–water partition coefficient (Wildman–Crippen LogP) is 14.2. The molecule has 62 heavy (non-hydrogen) atoms. The third-order valence-electron chi connectivity index (χ3n) is 10.5. The molecule has 10 heteroatoms. The number of esters is 2. The Morgan fingerprint density at radius 1 is 0.500 bits per heavy atom. The molecule has 0 aromatic rings. The van der Waals surface area contributed by atoms with Crippen LogP contribution < -0.4 is 4.89 Å². The number of quaternary nitrogens is 1. The third-order valence-corrected chi connectivity index (χ3v) is 11.5. The number of ether oxygens (including phenoxy) is 2. The molecule has 0 amide bonds. The zero-order valence-corrected chi connectivity index (χ0v) is 41.4. The zero-order valence-electron chi connectivity index (χ0n) is 40.6. The van der Waals surface area contributed by atoms with Crippen molar-refractivity contribution in [2.45, 2.75) is 213 Å². The summed E-state index contributed by atoms with van der Waals surface area (Å²) in [6, 6.07) is 0. The highest BCUT2D eigenvalue weighted by molar-refractivity contribution is 7.45. The van der Waals surface area contributed by atoms with E-state index in [0.717, 1.165) is 83.5 Å². The van der Waals surface area contributed by atoms with Crippen molar-refractivity contribution >= 4 is 19.8 Å². The zero-order chi connectivity index (χ0) is 45.7. The van der Waals surface area contributed by atoms with Crippen LogP contribution in [0.5, 0.6) is 0 Å². The molecular weight excluding hydrogens is 798 g/mol. The molecule has 0 aliphatic heterocycles. The highest BCUT2D eigenvalue weighted by Crippen LogP contribution is 2.38. The summed E-state index contributed by atoms with van der Waals surface area (Å²) in [4.78, 5) is 37.6. The molecule has 0 saturated carbocycles. The molecule has 9 nitrogen and oxygen atoms in total. The number of unbranched alkanes of at least 4 members (excludes halogenated alkanes) is 21. The average Bonchev–Trinajstić information content (AvgIpc) is 3.23. The van der Waals surface area contributed by atoms with Crippen molar-refractivity contribution in [3.05, 3.63) is 60.8 Å². The Hall–Kier alpha value is -2.29. The van der Waals surface area contributed by atoms with E-state index in [1.165, 1.54) is 83.5 Å². The van der Waals surface area contributed by atoms with Crippen LogP contribution in [-0.4, -0.2) is 70.0 Å². The summed E-state index contributed by atoms with van der Waals surface area (Å²) >= 11 is 0. The van der Waals surface area contributed by atoms with Gasteiger partial charge >= 0.3 is 11.9 Å². The van der Waals surface area contributed by atoms with Gasteiger partial charge in [-0.15, -0.1) is 0 Å². The molecule has 0 radical (unpaired) electrons. The predicted molar refractivity (Wildman–Crippen MR) is 259 cm³/mol. The fourth-order valence-electron chi connectivity index (χ4n) is 6.58. The lowest BCUT2D eigenvalue weighted by atomic mass is 10.0. The SMILES string of the molecule is CCC/C=C\C/C=C\CCCCCCCC(=O)OCC(COP(=O)([O-])OCC[N+](C)(C)C)OC(=O)CCCCCCCCCCCC/C=C\C/C=C\C/C=C\CCCCCCC. The van der Waals surface area contributed by atoms with Crippen LogP contribution in [0.3, 0.4) is 0 Å². The van der Waals surface area contributed by atoms with Gasteiger partial charge in [-0.2, -0.15) is 0 Å². The van der Waals surface area contributed by atoms with Crippen LogP contribution in [-0.2, 0) is 32.7 Å². The first kappa shape index (κ1) is 59.7. The Labute approximate surface area is 381 Å². The average molecular weight is 892 g/mol. The van der Waals surface area contributed by atoms with Crippen molar-refractivity contribution in [1.82, 2.24) is 0 Å². The Morgan fingerprint density at radius 3 is 1.35 bits per heavy atom. The summed E-state index contributed by atoms with van der Waals surface area (Å²) in [6.07, 6.45) is 53.9. The maximum Gasteiger partial charge on any atom is 0.306 e. The summed E-state index contributed by atoms with van der Waals surface area (Å²) in [7, 11) is 1.15. The molecule has 0 rings (SSSR count). The van der Waals surface area contributed by atoms with Gasteiger partial charge in [0.25, 0.3) is 7.82 Å². The minimum atomic E-state index is -4.63. The molecule has 2 unspecified atom stereocenters. The van der Waals surface area contributed by atoms with Gasteiger partial charge in [0.05, 0.1) is 27.7 Å². The second-order valence-corrected chi connectivity index (χ2v) is 19.2. The van der Waals surface area contributed by atoms with Crippen LogP contribution in [0.1, 0.15) is 206 Å². The molecule has 0 saturated heterocycles. The Kier molecular flexibility index (Phi) is 42.3. The molecular formula is C52H94NO8P. The van der Waals surface area contributed by atoms with Crippen LogP contribution in [0.25, 0.3) is 0 Å². The van der Waals surface area contributed by atoms with Gasteiger partial charge in [0, 0.05) is 12.8 Å². The lowest BCUT2D eigenvalue weighted by Gasteiger charge is -2.28. The van der Waals surface area contributed by atoms with Crippen LogP contribution in [0.15, 0.2) is 60.8 Å². The van der Waals surface area contributed by atoms with Crippen molar-refractivity contribution in [3.63, 3.8) is 0 Å². The first-order chi connectivity index (χ1) is 30.0. The number of allylic oxidation sites excluding steroid dienone is 10. The molecule has 0 aliphatic carbocycles. The minimum Gasteiger partial charge on any atom is -0.756 e. The summed E-state index contributed by atoms with van der Waals surface area (Å²) < 4.78 is 34.0. The van der Waals surface area contributed by atoms with Crippen molar-refractivity contribution < 1.29 is 42.1 Å². The number of rotatable bonds is 45. The van der Waals surface area contributed by atoms with Gasteiger partial charge in [-0.1, -0.05) is 177 Å². The van der Waals surface area contributed by atoms with Gasteiger partial charge in [0.1, 0.15) is 19.8 Å². The van der Waals surface area contributed by atoms with Crippen LogP contribution in [0, 0.1) is 0 Å². The smallest absolute Gasteiger partial charge is 0.306 e. The van der Waals surface area contributed by atoms with E-state index < -0.39 is 32.5 Å². The van der Waals surface area contributed by atoms with Crippen molar-refractivity contribution in [2.75, 3.05) is 47.5 Å². The van der Waals surface area contributed by atoms with Crippen LogP contribution in [0.2, 0.25) is 0 Å². The molecule has 0 bridgehead atoms. The van der Waals surface area contributed by atoms with Crippen molar-refractivity contribution in [1.29, 1.82) is 0 Å². The number of phosphoric acid groups is 1. The van der Waals surface area contributed by atoms with Gasteiger partial charge in [-0.25, -0.2) is 0 Å². The fraction of sp³-hybridized carbons (Fsp3) is 0.769. The second-order valence-electron chi connectivity index (χ2n) is 17.8. The molecule has 0 aliphatic rings. The Morgan fingerprint density at radius 2 is 0.903 bits per heavy atom. The molecule has 0 heterocycles.